The number of nitrogens with zero attached hydrogens (tertiary/aromatic N) is 1. The van der Waals surface area contributed by atoms with E-state index in [0.717, 1.165) is 6.42 Å². The number of carbonyl (C=O) groups excluding carboxylic acids is 3. The van der Waals surface area contributed by atoms with Crippen molar-refractivity contribution in [2.75, 3.05) is 0 Å². The third kappa shape index (κ3) is 2.42. The van der Waals surface area contributed by atoms with E-state index in [1.165, 1.54) is 12.1 Å². The summed E-state index contributed by atoms with van der Waals surface area (Å²) in [4.78, 5) is 43.0. The number of hydroxylamine groups is 2. The van der Waals surface area contributed by atoms with E-state index in [1.807, 2.05) is 0 Å². The van der Waals surface area contributed by atoms with Crippen LogP contribution in [0, 0.1) is 0 Å². The van der Waals surface area contributed by atoms with Crippen LogP contribution in [0.1, 0.15) is 45.5 Å². The summed E-state index contributed by atoms with van der Waals surface area (Å²) in [6, 6.07) is 11.3. The highest BCUT2D eigenvalue weighted by Gasteiger charge is 2.50. The minimum Gasteiger partial charge on any atom is -0.329 e. The van der Waals surface area contributed by atoms with Gasteiger partial charge in [-0.05, 0) is 42.7 Å². The molecule has 0 spiro atoms. The molecule has 7 heteroatoms. The van der Waals surface area contributed by atoms with Gasteiger partial charge in [0.05, 0.1) is 26.6 Å². The normalized spacial score (nSPS) is 17.7. The summed E-state index contributed by atoms with van der Waals surface area (Å²) < 4.78 is 0. The largest absolute Gasteiger partial charge is 0.343 e. The minimum absolute atomic E-state index is 0.225. The average molecular weight is 390 g/mol. The number of halogens is 2. The second-order valence-corrected chi connectivity index (χ2v) is 7.21. The molecule has 132 valence electrons. The standard InChI is InChI=1S/C19H13Cl2NO4/c20-14-7-6-11(10-15(14)21)19(8-3-9-19)18(25)26-22-16(23)12-4-1-2-5-13(12)17(22)24/h1-2,4-7,10H,3,8-9H2. The fourth-order valence-corrected chi connectivity index (χ4v) is 3.65. The van der Waals surface area contributed by atoms with Crippen molar-refractivity contribution < 1.29 is 19.2 Å². The Balaban J connectivity index is 1.62. The van der Waals surface area contributed by atoms with Crippen molar-refractivity contribution in [2.24, 2.45) is 0 Å². The molecule has 0 saturated heterocycles. The zero-order valence-electron chi connectivity index (χ0n) is 13.5. The zero-order valence-corrected chi connectivity index (χ0v) is 15.0. The molecule has 1 saturated carbocycles. The van der Waals surface area contributed by atoms with Crippen molar-refractivity contribution in [3.8, 4) is 0 Å². The molecule has 2 aliphatic rings. The summed E-state index contributed by atoms with van der Waals surface area (Å²) in [6.07, 6.45) is 1.93. The van der Waals surface area contributed by atoms with Crippen molar-refractivity contribution in [1.82, 2.24) is 5.06 Å². The summed E-state index contributed by atoms with van der Waals surface area (Å²) in [7, 11) is 0. The van der Waals surface area contributed by atoms with Gasteiger partial charge in [-0.1, -0.05) is 52.9 Å². The van der Waals surface area contributed by atoms with Gasteiger partial charge >= 0.3 is 5.97 Å². The maximum absolute atomic E-state index is 12.9. The highest BCUT2D eigenvalue weighted by atomic mass is 35.5. The lowest BCUT2D eigenvalue weighted by Gasteiger charge is -2.39. The summed E-state index contributed by atoms with van der Waals surface area (Å²) in [5.41, 5.74) is 0.188. The van der Waals surface area contributed by atoms with Gasteiger partial charge in [-0.2, -0.15) is 0 Å². The Hall–Kier alpha value is -2.37. The molecule has 5 nitrogen and oxygen atoms in total. The smallest absolute Gasteiger partial charge is 0.329 e. The highest BCUT2D eigenvalue weighted by molar-refractivity contribution is 6.42. The molecule has 2 amide bonds. The molecule has 2 aromatic carbocycles. The lowest BCUT2D eigenvalue weighted by molar-refractivity contribution is -0.179. The molecular formula is C19H13Cl2NO4. The Labute approximate surface area is 159 Å². The molecule has 2 aromatic rings. The average Bonchev–Trinajstić information content (AvgIpc) is 2.82. The molecule has 0 unspecified atom stereocenters. The maximum Gasteiger partial charge on any atom is 0.343 e. The Morgan fingerprint density at radius 1 is 0.962 bits per heavy atom. The number of rotatable bonds is 3. The Kier molecular flexibility index (Phi) is 4.01. The van der Waals surface area contributed by atoms with Crippen LogP contribution in [0.2, 0.25) is 10.0 Å². The van der Waals surface area contributed by atoms with E-state index in [9.17, 15) is 14.4 Å². The minimum atomic E-state index is -0.927. The second-order valence-electron chi connectivity index (χ2n) is 6.39. The van der Waals surface area contributed by atoms with Crippen molar-refractivity contribution >= 4 is 41.0 Å². The maximum atomic E-state index is 12.9. The van der Waals surface area contributed by atoms with E-state index in [2.05, 4.69) is 0 Å². The van der Waals surface area contributed by atoms with Gasteiger partial charge in [0.1, 0.15) is 0 Å². The van der Waals surface area contributed by atoms with Crippen LogP contribution in [0.15, 0.2) is 42.5 Å². The van der Waals surface area contributed by atoms with Crippen molar-refractivity contribution in [3.63, 3.8) is 0 Å². The van der Waals surface area contributed by atoms with E-state index >= 15 is 0 Å². The number of carbonyl (C=O) groups is 3. The molecule has 0 N–H and O–H groups in total. The predicted molar refractivity (Wildman–Crippen MR) is 95.0 cm³/mol. The first-order valence-corrected chi connectivity index (χ1v) is 8.85. The Morgan fingerprint density at radius 2 is 1.58 bits per heavy atom. The van der Waals surface area contributed by atoms with E-state index in [4.69, 9.17) is 28.0 Å². The summed E-state index contributed by atoms with van der Waals surface area (Å²) >= 11 is 12.0. The van der Waals surface area contributed by atoms with Crippen LogP contribution in [-0.2, 0) is 15.0 Å². The predicted octanol–water partition coefficient (Wildman–Crippen LogP) is 4.17. The molecular weight excluding hydrogens is 377 g/mol. The van der Waals surface area contributed by atoms with Crippen LogP contribution in [0.25, 0.3) is 0 Å². The van der Waals surface area contributed by atoms with Gasteiger partial charge in [-0.15, -0.1) is 0 Å². The molecule has 1 aliphatic carbocycles. The van der Waals surface area contributed by atoms with Crippen molar-refractivity contribution in [3.05, 3.63) is 69.2 Å². The van der Waals surface area contributed by atoms with Gasteiger partial charge in [-0.3, -0.25) is 9.59 Å². The lowest BCUT2D eigenvalue weighted by Crippen LogP contribution is -2.47. The highest BCUT2D eigenvalue weighted by Crippen LogP contribution is 2.46. The van der Waals surface area contributed by atoms with Gasteiger partial charge in [0.15, 0.2) is 0 Å². The van der Waals surface area contributed by atoms with Crippen molar-refractivity contribution in [1.29, 1.82) is 0 Å². The van der Waals surface area contributed by atoms with E-state index in [-0.39, 0.29) is 11.1 Å². The molecule has 0 bridgehead atoms. The monoisotopic (exact) mass is 389 g/mol. The van der Waals surface area contributed by atoms with E-state index in [1.54, 1.807) is 30.3 Å². The third-order valence-corrected chi connectivity index (χ3v) is 5.74. The number of amides is 2. The first kappa shape index (κ1) is 17.1. The van der Waals surface area contributed by atoms with Gasteiger partial charge in [0.2, 0.25) is 0 Å². The van der Waals surface area contributed by atoms with Crippen molar-refractivity contribution in [2.45, 2.75) is 24.7 Å². The number of benzene rings is 2. The quantitative estimate of drug-likeness (QED) is 0.738. The zero-order chi connectivity index (χ0) is 18.5. The summed E-state index contributed by atoms with van der Waals surface area (Å²) in [6.45, 7) is 0. The van der Waals surface area contributed by atoms with Crippen LogP contribution in [0.4, 0.5) is 0 Å². The molecule has 26 heavy (non-hydrogen) atoms. The number of imide groups is 1. The Morgan fingerprint density at radius 3 is 2.08 bits per heavy atom. The fraction of sp³-hybridized carbons (Fsp3) is 0.211. The van der Waals surface area contributed by atoms with Crippen LogP contribution < -0.4 is 0 Å². The second kappa shape index (κ2) is 6.11. The fourth-order valence-electron chi connectivity index (χ4n) is 3.36. The van der Waals surface area contributed by atoms with E-state index in [0.29, 0.717) is 33.5 Å². The number of fused-ring (bicyclic) bond motifs is 1. The van der Waals surface area contributed by atoms with Crippen LogP contribution >= 0.6 is 23.2 Å². The first-order chi connectivity index (χ1) is 12.4. The molecule has 1 aliphatic heterocycles. The lowest BCUT2D eigenvalue weighted by atomic mass is 9.64. The first-order valence-electron chi connectivity index (χ1n) is 8.10. The molecule has 0 aromatic heterocycles. The van der Waals surface area contributed by atoms with Crippen LogP contribution in [0.3, 0.4) is 0 Å². The summed E-state index contributed by atoms with van der Waals surface area (Å²) in [5.74, 6) is -1.92. The molecule has 4 rings (SSSR count). The summed E-state index contributed by atoms with van der Waals surface area (Å²) in [5, 5.41) is 1.27. The van der Waals surface area contributed by atoms with Gasteiger partial charge in [0, 0.05) is 0 Å². The van der Waals surface area contributed by atoms with E-state index < -0.39 is 23.2 Å². The van der Waals surface area contributed by atoms with Crippen LogP contribution in [-0.4, -0.2) is 22.8 Å². The molecule has 1 heterocycles. The topological polar surface area (TPSA) is 63.7 Å². The third-order valence-electron chi connectivity index (χ3n) is 5.00. The molecule has 0 atom stereocenters. The van der Waals surface area contributed by atoms with Crippen LogP contribution in [0.5, 0.6) is 0 Å². The molecule has 0 radical (unpaired) electrons. The number of hydrogen-bond donors (Lipinski definition) is 0. The Bertz CT molecular complexity index is 917. The van der Waals surface area contributed by atoms with Gasteiger partial charge in [0.25, 0.3) is 11.8 Å². The number of hydrogen-bond acceptors (Lipinski definition) is 4. The van der Waals surface area contributed by atoms with Gasteiger partial charge in [-0.25, -0.2) is 4.79 Å². The van der Waals surface area contributed by atoms with Gasteiger partial charge < -0.3 is 4.84 Å². The molecule has 1 fully saturated rings. The SMILES string of the molecule is O=C1c2ccccc2C(=O)N1OC(=O)C1(c2ccc(Cl)c(Cl)c2)CCC1.